The summed E-state index contributed by atoms with van der Waals surface area (Å²) in [6.45, 7) is 5.34. The number of halogens is 4. The van der Waals surface area contributed by atoms with Crippen LogP contribution in [0.2, 0.25) is 0 Å². The number of imidazole rings is 1. The minimum atomic E-state index is -4.68. The van der Waals surface area contributed by atoms with Gasteiger partial charge >= 0.3 is 6.18 Å². The van der Waals surface area contributed by atoms with Gasteiger partial charge in [-0.3, -0.25) is 4.79 Å². The molecular formula is C23H24F4N8O. The number of alkyl halides is 3. The molecule has 1 aromatic carbocycles. The zero-order valence-electron chi connectivity index (χ0n) is 19.8. The van der Waals surface area contributed by atoms with Crippen LogP contribution >= 0.6 is 0 Å². The Hall–Kier alpha value is -3.74. The van der Waals surface area contributed by atoms with Crippen LogP contribution in [-0.2, 0) is 25.0 Å². The molecule has 0 amide bonds. The lowest BCUT2D eigenvalue weighted by Crippen LogP contribution is -2.33. The van der Waals surface area contributed by atoms with Gasteiger partial charge in [-0.15, -0.1) is 0 Å². The van der Waals surface area contributed by atoms with Gasteiger partial charge in [0.1, 0.15) is 17.7 Å². The zero-order valence-corrected chi connectivity index (χ0v) is 19.8. The third-order valence-electron chi connectivity index (χ3n) is 5.96. The molecule has 0 radical (unpaired) electrons. The van der Waals surface area contributed by atoms with Crippen LogP contribution in [0, 0.1) is 5.82 Å². The Labute approximate surface area is 202 Å². The van der Waals surface area contributed by atoms with E-state index in [0.717, 1.165) is 35.0 Å². The summed E-state index contributed by atoms with van der Waals surface area (Å²) >= 11 is 0. The lowest BCUT2D eigenvalue weighted by Gasteiger charge is -2.24. The highest BCUT2D eigenvalue weighted by Crippen LogP contribution is 2.27. The maximum atomic E-state index is 14.8. The molecule has 0 fully saturated rings. The third-order valence-corrected chi connectivity index (χ3v) is 5.96. The minimum absolute atomic E-state index is 0.0675. The van der Waals surface area contributed by atoms with E-state index < -0.39 is 29.6 Å². The van der Waals surface area contributed by atoms with Crippen molar-refractivity contribution in [2.75, 3.05) is 11.9 Å². The number of aromatic nitrogens is 6. The Morgan fingerprint density at radius 2 is 1.92 bits per heavy atom. The first kappa shape index (κ1) is 24.0. The smallest absolute Gasteiger partial charge is 0.322 e. The van der Waals surface area contributed by atoms with Gasteiger partial charge in [-0.2, -0.15) is 22.8 Å². The van der Waals surface area contributed by atoms with Crippen molar-refractivity contribution in [3.05, 3.63) is 58.0 Å². The number of hydrogen-bond acceptors (Lipinski definition) is 6. The molecule has 13 heteroatoms. The van der Waals surface area contributed by atoms with Crippen LogP contribution in [0.15, 0.2) is 35.5 Å². The van der Waals surface area contributed by atoms with E-state index in [1.54, 1.807) is 16.8 Å². The van der Waals surface area contributed by atoms with Gasteiger partial charge in [-0.25, -0.2) is 19.0 Å². The highest BCUT2D eigenvalue weighted by Gasteiger charge is 2.33. The molecule has 0 spiro atoms. The molecule has 0 saturated heterocycles. The number of benzene rings is 1. The molecule has 36 heavy (non-hydrogen) atoms. The summed E-state index contributed by atoms with van der Waals surface area (Å²) in [6, 6.07) is 3.10. The van der Waals surface area contributed by atoms with Gasteiger partial charge in [-0.1, -0.05) is 0 Å². The SMILES string of the molecule is CC(C)(C)n1ccnc1-n1c2nc(Nc3cc4c(cc3F)CNCC4)ncc2c(=O)n1CC(F)(F)F. The van der Waals surface area contributed by atoms with Crippen LogP contribution in [0.4, 0.5) is 29.2 Å². The Bertz CT molecular complexity index is 1510. The van der Waals surface area contributed by atoms with E-state index in [1.807, 2.05) is 20.8 Å². The molecule has 4 heterocycles. The van der Waals surface area contributed by atoms with Gasteiger partial charge in [0.25, 0.3) is 5.56 Å². The molecule has 0 saturated carbocycles. The third kappa shape index (κ3) is 4.34. The second kappa shape index (κ2) is 8.43. The molecule has 0 unspecified atom stereocenters. The summed E-state index contributed by atoms with van der Waals surface area (Å²) in [5, 5.41) is 5.88. The molecule has 2 N–H and O–H groups in total. The highest BCUT2D eigenvalue weighted by molar-refractivity contribution is 5.77. The van der Waals surface area contributed by atoms with Crippen LogP contribution in [-0.4, -0.2) is 41.6 Å². The lowest BCUT2D eigenvalue weighted by atomic mass is 10.00. The number of fused-ring (bicyclic) bond motifs is 2. The summed E-state index contributed by atoms with van der Waals surface area (Å²) < 4.78 is 58.4. The molecule has 5 rings (SSSR count). The van der Waals surface area contributed by atoms with Crippen LogP contribution in [0.3, 0.4) is 0 Å². The van der Waals surface area contributed by atoms with E-state index in [9.17, 15) is 22.4 Å². The molecule has 190 valence electrons. The van der Waals surface area contributed by atoms with Gasteiger partial charge < -0.3 is 15.2 Å². The number of nitrogens with one attached hydrogen (secondary N) is 2. The molecule has 1 aliphatic rings. The summed E-state index contributed by atoms with van der Waals surface area (Å²) in [5.74, 6) is -0.505. The second-order valence-corrected chi connectivity index (χ2v) is 9.64. The van der Waals surface area contributed by atoms with E-state index in [4.69, 9.17) is 0 Å². The van der Waals surface area contributed by atoms with Crippen molar-refractivity contribution in [2.24, 2.45) is 0 Å². The van der Waals surface area contributed by atoms with Crippen molar-refractivity contribution in [3.8, 4) is 5.95 Å². The van der Waals surface area contributed by atoms with Crippen molar-refractivity contribution in [1.82, 2.24) is 34.2 Å². The maximum Gasteiger partial charge on any atom is 0.408 e. The Kier molecular flexibility index (Phi) is 5.62. The van der Waals surface area contributed by atoms with Gasteiger partial charge in [0.05, 0.1) is 5.69 Å². The number of anilines is 2. The summed E-state index contributed by atoms with van der Waals surface area (Å²) in [5.41, 5.74) is 0.407. The van der Waals surface area contributed by atoms with Gasteiger partial charge in [0.2, 0.25) is 11.9 Å². The maximum absolute atomic E-state index is 14.8. The van der Waals surface area contributed by atoms with Crippen molar-refractivity contribution in [1.29, 1.82) is 0 Å². The summed E-state index contributed by atoms with van der Waals surface area (Å²) in [7, 11) is 0. The first-order valence-corrected chi connectivity index (χ1v) is 11.3. The fourth-order valence-corrected chi connectivity index (χ4v) is 4.30. The topological polar surface area (TPSA) is 94.6 Å². The molecule has 0 bridgehead atoms. The van der Waals surface area contributed by atoms with E-state index in [0.29, 0.717) is 11.2 Å². The van der Waals surface area contributed by atoms with Crippen LogP contribution < -0.4 is 16.2 Å². The predicted molar refractivity (Wildman–Crippen MR) is 125 cm³/mol. The van der Waals surface area contributed by atoms with Gasteiger partial charge in [0, 0.05) is 30.7 Å². The van der Waals surface area contributed by atoms with E-state index >= 15 is 0 Å². The average Bonchev–Trinajstić information content (AvgIpc) is 3.37. The van der Waals surface area contributed by atoms with Crippen LogP contribution in [0.1, 0.15) is 31.9 Å². The standard InChI is InChI=1S/C23H24F4N8O/c1-22(2,3)33-7-6-29-21(33)35-18-15(19(36)34(35)12-23(25,26)27)11-30-20(32-18)31-17-9-13-4-5-28-10-14(13)8-16(17)24/h6-9,11,28H,4-5,10,12H2,1-3H3,(H,30,31,32). The number of hydrogen-bond donors (Lipinski definition) is 2. The zero-order chi connectivity index (χ0) is 25.8. The monoisotopic (exact) mass is 504 g/mol. The first-order valence-electron chi connectivity index (χ1n) is 11.3. The molecule has 1 aliphatic heterocycles. The van der Waals surface area contributed by atoms with Crippen LogP contribution in [0.25, 0.3) is 17.0 Å². The summed E-state index contributed by atoms with van der Waals surface area (Å²) in [6.07, 6.45) is 0.235. The number of rotatable bonds is 4. The molecular weight excluding hydrogens is 480 g/mol. The van der Waals surface area contributed by atoms with Crippen LogP contribution in [0.5, 0.6) is 0 Å². The normalized spacial score (nSPS) is 14.3. The van der Waals surface area contributed by atoms with Gasteiger partial charge in [0.15, 0.2) is 5.65 Å². The largest absolute Gasteiger partial charge is 0.408 e. The van der Waals surface area contributed by atoms with Crippen molar-refractivity contribution in [2.45, 2.75) is 52.0 Å². The van der Waals surface area contributed by atoms with Crippen molar-refractivity contribution in [3.63, 3.8) is 0 Å². The first-order chi connectivity index (χ1) is 16.9. The molecule has 4 aromatic rings. The second-order valence-electron chi connectivity index (χ2n) is 9.64. The Morgan fingerprint density at radius 3 is 2.64 bits per heavy atom. The van der Waals surface area contributed by atoms with E-state index in [-0.39, 0.29) is 28.6 Å². The predicted octanol–water partition coefficient (Wildman–Crippen LogP) is 3.62. The molecule has 0 aliphatic carbocycles. The van der Waals surface area contributed by atoms with Gasteiger partial charge in [-0.05, 0) is 57.0 Å². The van der Waals surface area contributed by atoms with E-state index in [1.165, 1.54) is 12.3 Å². The van der Waals surface area contributed by atoms with E-state index in [2.05, 4.69) is 25.6 Å². The molecule has 9 nitrogen and oxygen atoms in total. The Morgan fingerprint density at radius 1 is 1.14 bits per heavy atom. The fraction of sp³-hybridized carbons (Fsp3) is 0.391. The summed E-state index contributed by atoms with van der Waals surface area (Å²) in [4.78, 5) is 25.7. The fourth-order valence-electron chi connectivity index (χ4n) is 4.30. The number of nitrogens with zero attached hydrogens (tertiary/aromatic N) is 6. The Balaban J connectivity index is 1.67. The lowest BCUT2D eigenvalue weighted by molar-refractivity contribution is -0.144. The molecule has 3 aromatic heterocycles. The quantitative estimate of drug-likeness (QED) is 0.413. The van der Waals surface area contributed by atoms with Crippen molar-refractivity contribution < 1.29 is 17.6 Å². The minimum Gasteiger partial charge on any atom is -0.322 e. The average molecular weight is 504 g/mol. The highest BCUT2D eigenvalue weighted by atomic mass is 19.4. The van der Waals surface area contributed by atoms with Crippen molar-refractivity contribution >= 4 is 22.7 Å². The molecule has 0 atom stereocenters.